The summed E-state index contributed by atoms with van der Waals surface area (Å²) >= 11 is 0. The number of halogens is 6. The van der Waals surface area contributed by atoms with Crippen LogP contribution in [0, 0.1) is 0 Å². The molecule has 2 aromatic carbocycles. The topological polar surface area (TPSA) is 12.5 Å². The maximum absolute atomic E-state index is 12.7. The van der Waals surface area contributed by atoms with Gasteiger partial charge in [0.05, 0.1) is 5.56 Å². The molecule has 0 spiro atoms. The zero-order valence-electron chi connectivity index (χ0n) is 13.2. The van der Waals surface area contributed by atoms with Crippen LogP contribution in [0.4, 0.5) is 26.3 Å². The highest BCUT2D eigenvalue weighted by molar-refractivity contribution is 5.28. The highest BCUT2D eigenvalue weighted by Crippen LogP contribution is 2.30. The zero-order chi connectivity index (χ0) is 18.7. The third-order valence-electron chi connectivity index (χ3n) is 3.32. The van der Waals surface area contributed by atoms with Crippen LogP contribution < -0.4 is 4.74 Å². The molecule has 0 aliphatic heterocycles. The van der Waals surface area contributed by atoms with Crippen molar-refractivity contribution in [3.8, 4) is 5.75 Å². The van der Waals surface area contributed by atoms with Gasteiger partial charge >= 0.3 is 12.5 Å². The minimum Gasteiger partial charge on any atom is -0.406 e. The minimum absolute atomic E-state index is 0.269. The van der Waals surface area contributed by atoms with Crippen LogP contribution in [0.1, 0.15) is 16.7 Å². The lowest BCUT2D eigenvalue weighted by molar-refractivity contribution is -0.274. The van der Waals surface area contributed by atoms with Gasteiger partial charge in [-0.1, -0.05) is 30.3 Å². The number of hydrogen-bond acceptors (Lipinski definition) is 2. The van der Waals surface area contributed by atoms with Gasteiger partial charge in [-0.25, -0.2) is 0 Å². The Bertz CT molecular complexity index is 694. The normalized spacial score (nSPS) is 12.5. The summed E-state index contributed by atoms with van der Waals surface area (Å²) in [6, 6.07) is 10.4. The van der Waals surface area contributed by atoms with Gasteiger partial charge in [0.15, 0.2) is 0 Å². The Morgan fingerprint density at radius 2 is 1.44 bits per heavy atom. The van der Waals surface area contributed by atoms with Crippen molar-refractivity contribution in [3.63, 3.8) is 0 Å². The van der Waals surface area contributed by atoms with E-state index in [1.54, 1.807) is 18.0 Å². The van der Waals surface area contributed by atoms with Gasteiger partial charge in [0.1, 0.15) is 5.75 Å². The standard InChI is InChI=1S/C17H15F6NO/c1-24(11-13-3-2-4-14(9-13)16(18,19)20)10-12-5-7-15(8-6-12)25-17(21,22)23/h2-9H,10-11H2,1H3. The molecule has 0 aromatic heterocycles. The molecule has 0 bridgehead atoms. The molecule has 0 N–H and O–H groups in total. The third-order valence-corrected chi connectivity index (χ3v) is 3.32. The van der Waals surface area contributed by atoms with Gasteiger partial charge in [0, 0.05) is 13.1 Å². The van der Waals surface area contributed by atoms with Crippen LogP contribution >= 0.6 is 0 Å². The largest absolute Gasteiger partial charge is 0.573 e. The van der Waals surface area contributed by atoms with Crippen LogP contribution in [0.2, 0.25) is 0 Å². The Morgan fingerprint density at radius 1 is 0.840 bits per heavy atom. The number of benzene rings is 2. The highest BCUT2D eigenvalue weighted by atomic mass is 19.4. The summed E-state index contributed by atoms with van der Waals surface area (Å²) in [7, 11) is 1.71. The van der Waals surface area contributed by atoms with Crippen LogP contribution in [-0.4, -0.2) is 18.3 Å². The van der Waals surface area contributed by atoms with Crippen molar-refractivity contribution in [1.82, 2.24) is 4.90 Å². The Balaban J connectivity index is 1.97. The fraction of sp³-hybridized carbons (Fsp3) is 0.294. The zero-order valence-corrected chi connectivity index (χ0v) is 13.2. The Kier molecular flexibility index (Phi) is 5.62. The van der Waals surface area contributed by atoms with Gasteiger partial charge in [-0.05, 0) is 36.4 Å². The smallest absolute Gasteiger partial charge is 0.406 e. The van der Waals surface area contributed by atoms with E-state index in [-0.39, 0.29) is 12.3 Å². The number of ether oxygens (including phenoxy) is 1. The molecule has 0 radical (unpaired) electrons. The average Bonchev–Trinajstić information content (AvgIpc) is 2.47. The van der Waals surface area contributed by atoms with E-state index in [9.17, 15) is 26.3 Å². The lowest BCUT2D eigenvalue weighted by Gasteiger charge is -2.18. The molecule has 0 atom stereocenters. The number of nitrogens with zero attached hydrogens (tertiary/aromatic N) is 1. The fourth-order valence-corrected chi connectivity index (χ4v) is 2.32. The van der Waals surface area contributed by atoms with Crippen LogP contribution in [0.15, 0.2) is 48.5 Å². The first kappa shape index (κ1) is 19.1. The van der Waals surface area contributed by atoms with Gasteiger partial charge in [-0.3, -0.25) is 4.90 Å². The summed E-state index contributed by atoms with van der Waals surface area (Å²) in [6.45, 7) is 0.632. The molecule has 2 nitrogen and oxygen atoms in total. The summed E-state index contributed by atoms with van der Waals surface area (Å²) in [5.74, 6) is -0.322. The minimum atomic E-state index is -4.75. The lowest BCUT2D eigenvalue weighted by Crippen LogP contribution is -2.18. The maximum Gasteiger partial charge on any atom is 0.573 e. The summed E-state index contributed by atoms with van der Waals surface area (Å²) in [5, 5.41) is 0. The Morgan fingerprint density at radius 3 is 2.00 bits per heavy atom. The van der Waals surface area contributed by atoms with E-state index in [1.165, 1.54) is 30.3 Å². The van der Waals surface area contributed by atoms with Crippen molar-refractivity contribution in [2.45, 2.75) is 25.6 Å². The van der Waals surface area contributed by atoms with Gasteiger partial charge < -0.3 is 4.74 Å². The summed E-state index contributed by atoms with van der Waals surface area (Å²) < 4.78 is 78.2. The molecule has 0 heterocycles. The second-order valence-corrected chi connectivity index (χ2v) is 5.56. The van der Waals surface area contributed by atoms with E-state index in [0.717, 1.165) is 12.1 Å². The molecular formula is C17H15F6NO. The maximum atomic E-state index is 12.7. The van der Waals surface area contributed by atoms with Crippen molar-refractivity contribution in [1.29, 1.82) is 0 Å². The van der Waals surface area contributed by atoms with E-state index >= 15 is 0 Å². The molecule has 25 heavy (non-hydrogen) atoms. The summed E-state index contributed by atoms with van der Waals surface area (Å²) in [5.41, 5.74) is 0.491. The van der Waals surface area contributed by atoms with Crippen molar-refractivity contribution >= 4 is 0 Å². The van der Waals surface area contributed by atoms with E-state index in [4.69, 9.17) is 0 Å². The highest BCUT2D eigenvalue weighted by Gasteiger charge is 2.31. The molecule has 0 saturated carbocycles. The predicted octanol–water partition coefficient (Wildman–Crippen LogP) is 5.24. The van der Waals surface area contributed by atoms with Crippen LogP contribution in [0.25, 0.3) is 0 Å². The SMILES string of the molecule is CN(Cc1ccc(OC(F)(F)F)cc1)Cc1cccc(C(F)(F)F)c1. The molecule has 0 amide bonds. The molecule has 2 rings (SSSR count). The van der Waals surface area contributed by atoms with Gasteiger partial charge in [-0.15, -0.1) is 13.2 Å². The van der Waals surface area contributed by atoms with Gasteiger partial charge in [0.2, 0.25) is 0 Å². The Hall–Kier alpha value is -2.22. The first-order chi connectivity index (χ1) is 11.5. The van der Waals surface area contributed by atoms with E-state index in [1.807, 2.05) is 0 Å². The second kappa shape index (κ2) is 7.35. The van der Waals surface area contributed by atoms with Crippen molar-refractivity contribution in [2.75, 3.05) is 7.05 Å². The quantitative estimate of drug-likeness (QED) is 0.674. The molecule has 0 aliphatic rings. The molecule has 0 fully saturated rings. The van der Waals surface area contributed by atoms with Gasteiger partial charge in [0.25, 0.3) is 0 Å². The first-order valence-electron chi connectivity index (χ1n) is 7.22. The summed E-state index contributed by atoms with van der Waals surface area (Å²) in [4.78, 5) is 1.76. The molecular weight excluding hydrogens is 348 g/mol. The van der Waals surface area contributed by atoms with Crippen LogP contribution in [-0.2, 0) is 19.3 Å². The third kappa shape index (κ3) is 6.30. The van der Waals surface area contributed by atoms with Crippen LogP contribution in [0.5, 0.6) is 5.75 Å². The lowest BCUT2D eigenvalue weighted by atomic mass is 10.1. The fourth-order valence-electron chi connectivity index (χ4n) is 2.32. The van der Waals surface area contributed by atoms with Crippen molar-refractivity contribution < 1.29 is 31.1 Å². The van der Waals surface area contributed by atoms with E-state index in [0.29, 0.717) is 17.7 Å². The van der Waals surface area contributed by atoms with Gasteiger partial charge in [-0.2, -0.15) is 13.2 Å². The Labute approximate surface area is 140 Å². The molecule has 0 aliphatic carbocycles. The van der Waals surface area contributed by atoms with Crippen molar-refractivity contribution in [3.05, 3.63) is 65.2 Å². The first-order valence-corrected chi connectivity index (χ1v) is 7.22. The predicted molar refractivity (Wildman–Crippen MR) is 79.7 cm³/mol. The average molecular weight is 363 g/mol. The number of alkyl halides is 6. The van der Waals surface area contributed by atoms with Crippen molar-refractivity contribution in [2.24, 2.45) is 0 Å². The molecule has 8 heteroatoms. The van der Waals surface area contributed by atoms with E-state index in [2.05, 4.69) is 4.74 Å². The molecule has 0 saturated heterocycles. The molecule has 2 aromatic rings. The van der Waals surface area contributed by atoms with Crippen LogP contribution in [0.3, 0.4) is 0 Å². The summed E-state index contributed by atoms with van der Waals surface area (Å²) in [6.07, 6.45) is -9.15. The van der Waals surface area contributed by atoms with E-state index < -0.39 is 18.1 Å². The number of rotatable bonds is 5. The second-order valence-electron chi connectivity index (χ2n) is 5.56. The number of hydrogen-bond donors (Lipinski definition) is 0. The molecule has 0 unspecified atom stereocenters. The monoisotopic (exact) mass is 363 g/mol. The molecule has 136 valence electrons.